The van der Waals surface area contributed by atoms with E-state index in [-0.39, 0.29) is 60.1 Å². The molecule has 0 radical (unpaired) electrons. The number of carbonyl (C=O) groups is 4. The van der Waals surface area contributed by atoms with Crippen LogP contribution in [-0.2, 0) is 19.2 Å². The Morgan fingerprint density at radius 2 is 1.54 bits per heavy atom. The van der Waals surface area contributed by atoms with Gasteiger partial charge >= 0.3 is 5.97 Å². The predicted octanol–water partition coefficient (Wildman–Crippen LogP) is 4.51. The topological polar surface area (TPSA) is 84.0 Å². The third-order valence-corrected chi connectivity index (χ3v) is 9.19. The fourth-order valence-corrected chi connectivity index (χ4v) is 7.25. The molecule has 0 N–H and O–H groups in total. The van der Waals surface area contributed by atoms with Crippen molar-refractivity contribution in [3.8, 4) is 5.75 Å². The summed E-state index contributed by atoms with van der Waals surface area (Å²) in [7, 11) is 0. The van der Waals surface area contributed by atoms with Crippen molar-refractivity contribution in [1.82, 2.24) is 0 Å². The van der Waals surface area contributed by atoms with Gasteiger partial charge < -0.3 is 9.64 Å². The van der Waals surface area contributed by atoms with Crippen LogP contribution in [0.4, 0.5) is 11.4 Å². The van der Waals surface area contributed by atoms with Crippen LogP contribution < -0.4 is 14.5 Å². The second-order valence-electron chi connectivity index (χ2n) is 10.6. The molecule has 0 unspecified atom stereocenters. The van der Waals surface area contributed by atoms with Gasteiger partial charge in [0.2, 0.25) is 17.7 Å². The van der Waals surface area contributed by atoms with Gasteiger partial charge in [-0.1, -0.05) is 35.4 Å². The maximum absolute atomic E-state index is 13.3. The Kier molecular flexibility index (Phi) is 5.08. The monoisotopic (exact) mass is 536 g/mol. The van der Waals surface area contributed by atoms with E-state index in [1.165, 1.54) is 9.80 Å². The molecule has 7 atom stereocenters. The molecule has 4 fully saturated rings. The van der Waals surface area contributed by atoms with Crippen molar-refractivity contribution < 1.29 is 23.9 Å². The number of imide groups is 1. The number of allylic oxidation sites excluding steroid dienone is 2. The smallest absolute Gasteiger partial charge is 0.316 e. The van der Waals surface area contributed by atoms with Crippen molar-refractivity contribution >= 4 is 58.3 Å². The van der Waals surface area contributed by atoms with Gasteiger partial charge in [-0.3, -0.25) is 24.1 Å². The summed E-state index contributed by atoms with van der Waals surface area (Å²) in [6, 6.07) is 11.2. The van der Waals surface area contributed by atoms with Gasteiger partial charge in [-0.2, -0.15) is 0 Å². The SMILES string of the molecule is O=C(Oc1ccc(N2C(=O)[C@@H]3[C@H]4C=C[C@@H]([C@@H]5C[C@H]45)[C@@H]3C2=O)cc1)[C@@H]1CC(=O)N(c2cc(Cl)ccc2Cl)C1. The third-order valence-electron chi connectivity index (χ3n) is 8.63. The number of nitrogens with zero attached hydrogens (tertiary/aromatic N) is 2. The molecule has 2 heterocycles. The summed E-state index contributed by atoms with van der Waals surface area (Å²) in [5.74, 6) is -0.540. The van der Waals surface area contributed by atoms with Gasteiger partial charge in [0.25, 0.3) is 0 Å². The van der Waals surface area contributed by atoms with E-state index in [0.29, 0.717) is 33.3 Å². The van der Waals surface area contributed by atoms with Crippen LogP contribution in [0.2, 0.25) is 10.0 Å². The van der Waals surface area contributed by atoms with Crippen molar-refractivity contribution in [2.45, 2.75) is 12.8 Å². The standard InChI is InChI=1S/C28H22Cl2N2O5/c29-14-1-8-21(30)22(10-14)31-12-13(9-23(31)33)28(36)37-16-4-2-15(3-5-16)32-26(34)24-17-6-7-18(20-11-19(17)20)25(24)27(32)35/h1-8,10,13,17-20,24-25H,9,11-12H2/t13-,17+,18+,19-,20+,24-,25+/m1/s1. The lowest BCUT2D eigenvalue weighted by atomic mass is 9.63. The van der Waals surface area contributed by atoms with Gasteiger partial charge in [0.05, 0.1) is 34.2 Å². The van der Waals surface area contributed by atoms with Crippen LogP contribution in [0.5, 0.6) is 5.75 Å². The molecule has 2 saturated heterocycles. The van der Waals surface area contributed by atoms with Crippen LogP contribution in [0, 0.1) is 41.4 Å². The molecule has 2 aromatic carbocycles. The molecule has 188 valence electrons. The highest BCUT2D eigenvalue weighted by molar-refractivity contribution is 6.36. The van der Waals surface area contributed by atoms with E-state index < -0.39 is 11.9 Å². The molecule has 37 heavy (non-hydrogen) atoms. The number of carbonyl (C=O) groups excluding carboxylic acids is 4. The highest BCUT2D eigenvalue weighted by Crippen LogP contribution is 2.65. The zero-order chi connectivity index (χ0) is 25.6. The summed E-state index contributed by atoms with van der Waals surface area (Å²) in [6.45, 7) is 0.133. The summed E-state index contributed by atoms with van der Waals surface area (Å²) in [6.07, 6.45) is 5.41. The normalized spacial score (nSPS) is 33.1. The lowest BCUT2D eigenvalue weighted by molar-refractivity contribution is -0.139. The average Bonchev–Trinajstić information content (AvgIpc) is 3.57. The van der Waals surface area contributed by atoms with Gasteiger partial charge in [-0.15, -0.1) is 0 Å². The fourth-order valence-electron chi connectivity index (χ4n) is 6.87. The molecular weight excluding hydrogens is 515 g/mol. The first-order valence-corrected chi connectivity index (χ1v) is 13.2. The number of amides is 3. The van der Waals surface area contributed by atoms with Crippen LogP contribution in [0.15, 0.2) is 54.6 Å². The second-order valence-corrected chi connectivity index (χ2v) is 11.4. The van der Waals surface area contributed by atoms with Gasteiger partial charge in [0, 0.05) is 18.0 Å². The number of esters is 1. The fraction of sp³-hybridized carbons (Fsp3) is 0.357. The van der Waals surface area contributed by atoms with E-state index in [4.69, 9.17) is 27.9 Å². The lowest BCUT2D eigenvalue weighted by Crippen LogP contribution is -2.40. The Morgan fingerprint density at radius 3 is 2.19 bits per heavy atom. The van der Waals surface area contributed by atoms with Gasteiger partial charge in [0.1, 0.15) is 5.75 Å². The van der Waals surface area contributed by atoms with Gasteiger partial charge in [-0.25, -0.2) is 0 Å². The molecule has 8 rings (SSSR count). The molecule has 2 aromatic rings. The molecule has 2 saturated carbocycles. The predicted molar refractivity (Wildman–Crippen MR) is 136 cm³/mol. The van der Waals surface area contributed by atoms with Crippen molar-refractivity contribution in [3.05, 3.63) is 64.7 Å². The first-order chi connectivity index (χ1) is 17.8. The lowest BCUT2D eigenvalue weighted by Gasteiger charge is -2.37. The van der Waals surface area contributed by atoms with E-state index in [2.05, 4.69) is 12.2 Å². The number of benzene rings is 2. The van der Waals surface area contributed by atoms with Crippen LogP contribution in [0.25, 0.3) is 0 Å². The zero-order valence-electron chi connectivity index (χ0n) is 19.6. The number of halogens is 2. The maximum Gasteiger partial charge on any atom is 0.316 e. The van der Waals surface area contributed by atoms with Crippen LogP contribution in [0.3, 0.4) is 0 Å². The van der Waals surface area contributed by atoms with Crippen molar-refractivity contribution in [2.24, 2.45) is 41.4 Å². The molecule has 3 amide bonds. The van der Waals surface area contributed by atoms with E-state index in [1.54, 1.807) is 42.5 Å². The van der Waals surface area contributed by atoms with Crippen molar-refractivity contribution in [1.29, 1.82) is 0 Å². The maximum atomic E-state index is 13.3. The van der Waals surface area contributed by atoms with Gasteiger partial charge in [-0.05, 0) is 72.6 Å². The molecule has 0 aromatic heterocycles. The minimum atomic E-state index is -0.665. The van der Waals surface area contributed by atoms with E-state index >= 15 is 0 Å². The molecule has 4 aliphatic carbocycles. The highest BCUT2D eigenvalue weighted by atomic mass is 35.5. The van der Waals surface area contributed by atoms with Crippen molar-refractivity contribution in [3.63, 3.8) is 0 Å². The number of ether oxygens (including phenoxy) is 1. The Labute approximate surface area is 222 Å². The average molecular weight is 537 g/mol. The Morgan fingerprint density at radius 1 is 0.892 bits per heavy atom. The molecule has 6 aliphatic rings. The summed E-state index contributed by atoms with van der Waals surface area (Å²) in [5.41, 5.74) is 0.940. The first kappa shape index (κ1) is 23.0. The number of anilines is 2. The minimum absolute atomic E-state index is 0.00231. The van der Waals surface area contributed by atoms with E-state index in [1.807, 2.05) is 0 Å². The third kappa shape index (κ3) is 3.47. The summed E-state index contributed by atoms with van der Waals surface area (Å²) >= 11 is 12.3. The number of rotatable bonds is 4. The Hall–Kier alpha value is -3.16. The molecule has 0 spiro atoms. The minimum Gasteiger partial charge on any atom is -0.426 e. The molecule has 2 bridgehead atoms. The zero-order valence-corrected chi connectivity index (χ0v) is 21.1. The van der Waals surface area contributed by atoms with Crippen LogP contribution in [0.1, 0.15) is 12.8 Å². The molecule has 7 nitrogen and oxygen atoms in total. The summed E-state index contributed by atoms with van der Waals surface area (Å²) < 4.78 is 5.54. The second kappa shape index (κ2) is 8.17. The Bertz CT molecular complexity index is 1370. The number of hydrogen-bond donors (Lipinski definition) is 0. The molecular formula is C28H22Cl2N2O5. The van der Waals surface area contributed by atoms with E-state index in [9.17, 15) is 19.2 Å². The molecule has 9 heteroatoms. The largest absolute Gasteiger partial charge is 0.426 e. The van der Waals surface area contributed by atoms with Crippen LogP contribution >= 0.6 is 23.2 Å². The summed E-state index contributed by atoms with van der Waals surface area (Å²) in [4.78, 5) is 54.8. The summed E-state index contributed by atoms with van der Waals surface area (Å²) in [5, 5.41) is 0.808. The van der Waals surface area contributed by atoms with Crippen LogP contribution in [-0.4, -0.2) is 30.2 Å². The first-order valence-electron chi connectivity index (χ1n) is 12.4. The number of hydrogen-bond acceptors (Lipinski definition) is 5. The van der Waals surface area contributed by atoms with E-state index in [0.717, 1.165) is 6.42 Å². The molecule has 2 aliphatic heterocycles. The van der Waals surface area contributed by atoms with Crippen molar-refractivity contribution in [2.75, 3.05) is 16.3 Å². The van der Waals surface area contributed by atoms with Gasteiger partial charge in [0.15, 0.2) is 0 Å². The quantitative estimate of drug-likeness (QED) is 0.248. The Balaban J connectivity index is 1.04. The highest BCUT2D eigenvalue weighted by Gasteiger charge is 2.67.